The molecule has 0 amide bonds. The van der Waals surface area contributed by atoms with Gasteiger partial charge < -0.3 is 15.5 Å². The third-order valence-electron chi connectivity index (χ3n) is 5.29. The van der Waals surface area contributed by atoms with Crippen LogP contribution in [0.4, 0.5) is 24.5 Å². The van der Waals surface area contributed by atoms with Crippen LogP contribution in [0.3, 0.4) is 0 Å². The van der Waals surface area contributed by atoms with Crippen LogP contribution in [0.2, 0.25) is 5.02 Å². The highest BCUT2D eigenvalue weighted by molar-refractivity contribution is 7.80. The number of hydrogen-bond acceptors (Lipinski definition) is 2. The summed E-state index contributed by atoms with van der Waals surface area (Å²) in [7, 11) is 0. The van der Waals surface area contributed by atoms with Crippen LogP contribution < -0.4 is 15.5 Å². The average molecular weight is 456 g/mol. The molecular formula is C22H25ClF3N3S. The van der Waals surface area contributed by atoms with E-state index in [0.717, 1.165) is 24.7 Å². The Morgan fingerprint density at radius 3 is 2.53 bits per heavy atom. The second kappa shape index (κ2) is 9.43. The first-order valence-electron chi connectivity index (χ1n) is 9.92. The Labute approximate surface area is 185 Å². The van der Waals surface area contributed by atoms with E-state index in [4.69, 9.17) is 23.8 Å². The second-order valence-corrected chi connectivity index (χ2v) is 8.61. The molecule has 0 bridgehead atoms. The maximum atomic E-state index is 13.0. The summed E-state index contributed by atoms with van der Waals surface area (Å²) in [4.78, 5) is 2.40. The first-order valence-corrected chi connectivity index (χ1v) is 10.7. The highest BCUT2D eigenvalue weighted by Crippen LogP contribution is 2.36. The first kappa shape index (κ1) is 22.7. The van der Waals surface area contributed by atoms with Crippen molar-refractivity contribution in [3.05, 3.63) is 58.6 Å². The SMILES string of the molecule is C[C@@H]1CCCN(c2ccc([C@H](C)NC(=S)Nc3ccc(Cl)c(C(F)(F)F)c3)cc2)C1. The molecule has 0 spiro atoms. The van der Waals surface area contributed by atoms with E-state index in [2.05, 4.69) is 46.7 Å². The zero-order valence-corrected chi connectivity index (χ0v) is 18.5. The molecule has 2 N–H and O–H groups in total. The van der Waals surface area contributed by atoms with Gasteiger partial charge in [0, 0.05) is 24.5 Å². The highest BCUT2D eigenvalue weighted by atomic mass is 35.5. The molecule has 30 heavy (non-hydrogen) atoms. The van der Waals surface area contributed by atoms with E-state index in [-0.39, 0.29) is 21.9 Å². The van der Waals surface area contributed by atoms with Crippen LogP contribution in [-0.2, 0) is 6.18 Å². The predicted octanol–water partition coefficient (Wildman–Crippen LogP) is 6.64. The fourth-order valence-corrected chi connectivity index (χ4v) is 4.18. The van der Waals surface area contributed by atoms with Crippen LogP contribution in [0.15, 0.2) is 42.5 Å². The maximum absolute atomic E-state index is 13.0. The van der Waals surface area contributed by atoms with Crippen molar-refractivity contribution in [1.29, 1.82) is 0 Å². The van der Waals surface area contributed by atoms with Gasteiger partial charge in [0.1, 0.15) is 0 Å². The van der Waals surface area contributed by atoms with Gasteiger partial charge in [0.2, 0.25) is 0 Å². The summed E-state index contributed by atoms with van der Waals surface area (Å²) in [5.74, 6) is 0.702. The monoisotopic (exact) mass is 455 g/mol. The Hall–Kier alpha value is -1.99. The summed E-state index contributed by atoms with van der Waals surface area (Å²) >= 11 is 10.9. The highest BCUT2D eigenvalue weighted by Gasteiger charge is 2.33. The summed E-state index contributed by atoms with van der Waals surface area (Å²) in [5.41, 5.74) is 1.58. The lowest BCUT2D eigenvalue weighted by atomic mass is 9.99. The Morgan fingerprint density at radius 1 is 1.20 bits per heavy atom. The number of benzene rings is 2. The molecule has 1 heterocycles. The van der Waals surface area contributed by atoms with Gasteiger partial charge in [0.25, 0.3) is 0 Å². The summed E-state index contributed by atoms with van der Waals surface area (Å²) in [5, 5.41) is 5.82. The van der Waals surface area contributed by atoms with Crippen LogP contribution in [0.25, 0.3) is 0 Å². The van der Waals surface area contributed by atoms with Crippen LogP contribution in [0.5, 0.6) is 0 Å². The molecule has 0 radical (unpaired) electrons. The first-order chi connectivity index (χ1) is 14.1. The van der Waals surface area contributed by atoms with Crippen molar-refractivity contribution in [2.24, 2.45) is 5.92 Å². The van der Waals surface area contributed by atoms with Crippen LogP contribution in [0, 0.1) is 5.92 Å². The molecule has 1 aliphatic rings. The Morgan fingerprint density at radius 2 is 1.90 bits per heavy atom. The fraction of sp³-hybridized carbons (Fsp3) is 0.409. The zero-order chi connectivity index (χ0) is 21.9. The van der Waals surface area contributed by atoms with Gasteiger partial charge in [-0.25, -0.2) is 0 Å². The molecule has 3 rings (SSSR count). The van der Waals surface area contributed by atoms with Gasteiger partial charge in [-0.1, -0.05) is 30.7 Å². The van der Waals surface area contributed by atoms with E-state index >= 15 is 0 Å². The molecule has 0 unspecified atom stereocenters. The van der Waals surface area contributed by atoms with Crippen molar-refractivity contribution in [2.75, 3.05) is 23.3 Å². The third kappa shape index (κ3) is 5.79. The van der Waals surface area contributed by atoms with Gasteiger partial charge >= 0.3 is 6.18 Å². The number of nitrogens with one attached hydrogen (secondary N) is 2. The molecule has 1 saturated heterocycles. The summed E-state index contributed by atoms with van der Waals surface area (Å²) in [6.07, 6.45) is -2.04. The molecule has 2 aromatic carbocycles. The summed E-state index contributed by atoms with van der Waals surface area (Å²) in [6.45, 7) is 6.38. The molecule has 1 aliphatic heterocycles. The molecular weight excluding hydrogens is 431 g/mol. The lowest BCUT2D eigenvalue weighted by Crippen LogP contribution is -2.34. The maximum Gasteiger partial charge on any atom is 0.417 e. The molecule has 8 heteroatoms. The van der Waals surface area contributed by atoms with E-state index in [9.17, 15) is 13.2 Å². The van der Waals surface area contributed by atoms with Crippen LogP contribution in [-0.4, -0.2) is 18.2 Å². The number of nitrogens with zero attached hydrogens (tertiary/aromatic N) is 1. The third-order valence-corrected chi connectivity index (χ3v) is 5.84. The van der Waals surface area contributed by atoms with Crippen molar-refractivity contribution < 1.29 is 13.2 Å². The molecule has 0 aliphatic carbocycles. The number of hydrogen-bond donors (Lipinski definition) is 2. The Kier molecular flexibility index (Phi) is 7.14. The standard InChI is InChI=1S/C22H25ClF3N3S/c1-14-4-3-11-29(13-14)18-8-5-16(6-9-18)15(2)27-21(30)28-17-7-10-20(23)19(12-17)22(24,25)26/h5-10,12,14-15H,3-4,11,13H2,1-2H3,(H2,27,28,30)/t14-,15+/m1/s1. The van der Waals surface area contributed by atoms with Crippen molar-refractivity contribution in [3.8, 4) is 0 Å². The molecule has 0 aromatic heterocycles. The molecule has 3 nitrogen and oxygen atoms in total. The molecule has 162 valence electrons. The topological polar surface area (TPSA) is 27.3 Å². The molecule has 1 fully saturated rings. The Bertz CT molecular complexity index is 886. The van der Waals surface area contributed by atoms with E-state index in [0.29, 0.717) is 5.92 Å². The van der Waals surface area contributed by atoms with Gasteiger partial charge in [-0.2, -0.15) is 13.2 Å². The normalized spacial score (nSPS) is 18.1. The van der Waals surface area contributed by atoms with Crippen molar-refractivity contribution in [1.82, 2.24) is 5.32 Å². The van der Waals surface area contributed by atoms with Crippen molar-refractivity contribution in [3.63, 3.8) is 0 Å². The lowest BCUT2D eigenvalue weighted by molar-refractivity contribution is -0.137. The van der Waals surface area contributed by atoms with Crippen LogP contribution in [0.1, 0.15) is 43.9 Å². The number of alkyl halides is 3. The predicted molar refractivity (Wildman–Crippen MR) is 121 cm³/mol. The van der Waals surface area contributed by atoms with Crippen LogP contribution >= 0.6 is 23.8 Å². The number of thiocarbonyl (C=S) groups is 1. The summed E-state index contributed by atoms with van der Waals surface area (Å²) in [6, 6.07) is 11.8. The minimum absolute atomic E-state index is 0.103. The van der Waals surface area contributed by atoms with E-state index < -0.39 is 11.7 Å². The molecule has 2 atom stereocenters. The fourth-order valence-electron chi connectivity index (χ4n) is 3.67. The quantitative estimate of drug-likeness (QED) is 0.505. The van der Waals surface area contributed by atoms with Gasteiger partial charge in [0.15, 0.2) is 5.11 Å². The number of rotatable bonds is 4. The minimum atomic E-state index is -4.52. The number of anilines is 2. The summed E-state index contributed by atoms with van der Waals surface area (Å²) < 4.78 is 39.1. The minimum Gasteiger partial charge on any atom is -0.371 e. The van der Waals surface area contributed by atoms with Crippen molar-refractivity contribution in [2.45, 2.75) is 38.9 Å². The Balaban J connectivity index is 1.60. The largest absolute Gasteiger partial charge is 0.417 e. The van der Waals surface area contributed by atoms with Gasteiger partial charge in [-0.15, -0.1) is 0 Å². The second-order valence-electron chi connectivity index (χ2n) is 7.80. The van der Waals surface area contributed by atoms with Crippen molar-refractivity contribution >= 4 is 40.3 Å². The van der Waals surface area contributed by atoms with Gasteiger partial charge in [-0.3, -0.25) is 0 Å². The van der Waals surface area contributed by atoms with E-state index in [1.54, 1.807) is 0 Å². The molecule has 2 aromatic rings. The number of piperidine rings is 1. The smallest absolute Gasteiger partial charge is 0.371 e. The van der Waals surface area contributed by atoms with Gasteiger partial charge in [-0.05, 0) is 73.8 Å². The molecule has 0 saturated carbocycles. The van der Waals surface area contributed by atoms with E-state index in [1.807, 2.05) is 6.92 Å². The lowest BCUT2D eigenvalue weighted by Gasteiger charge is -2.33. The van der Waals surface area contributed by atoms with Gasteiger partial charge in [0.05, 0.1) is 16.6 Å². The zero-order valence-electron chi connectivity index (χ0n) is 16.9. The van der Waals surface area contributed by atoms with E-state index in [1.165, 1.54) is 30.7 Å². The number of halogens is 4. The average Bonchev–Trinajstić information content (AvgIpc) is 2.68.